The molecule has 0 aromatic carbocycles. The molecule has 0 N–H and O–H groups in total. The number of piperidine rings is 1. The van der Waals surface area contributed by atoms with E-state index in [-0.39, 0.29) is 0 Å². The molecular weight excluding hydrogens is 252 g/mol. The number of aromatic nitrogens is 1. The standard InChI is InChI=1S/C12H17BrN2/c1-9-4-3-5-15(8-9)12-10(2)6-11(13)7-14-12/h6-7,9H,3-5,8H2,1-2H3/t9-/m1/s1. The number of nitrogens with zero attached hydrogens (tertiary/aromatic N) is 2. The lowest BCUT2D eigenvalue weighted by Crippen LogP contribution is -2.35. The summed E-state index contributed by atoms with van der Waals surface area (Å²) in [5.41, 5.74) is 1.26. The van der Waals surface area contributed by atoms with Gasteiger partial charge in [-0.3, -0.25) is 0 Å². The highest BCUT2D eigenvalue weighted by Crippen LogP contribution is 2.25. The Morgan fingerprint density at radius 1 is 1.53 bits per heavy atom. The average molecular weight is 269 g/mol. The van der Waals surface area contributed by atoms with Crippen LogP contribution in [0.1, 0.15) is 25.3 Å². The Labute approximate surface area is 99.8 Å². The highest BCUT2D eigenvalue weighted by molar-refractivity contribution is 9.10. The van der Waals surface area contributed by atoms with Crippen molar-refractivity contribution in [1.82, 2.24) is 4.98 Å². The minimum absolute atomic E-state index is 0.795. The molecule has 0 bridgehead atoms. The lowest BCUT2D eigenvalue weighted by molar-refractivity contribution is 0.444. The van der Waals surface area contributed by atoms with Crippen molar-refractivity contribution >= 4 is 21.7 Å². The van der Waals surface area contributed by atoms with Gasteiger partial charge in [-0.2, -0.15) is 0 Å². The summed E-state index contributed by atoms with van der Waals surface area (Å²) in [4.78, 5) is 6.93. The highest BCUT2D eigenvalue weighted by Gasteiger charge is 2.18. The fourth-order valence-electron chi connectivity index (χ4n) is 2.25. The Kier molecular flexibility index (Phi) is 3.29. The van der Waals surface area contributed by atoms with Gasteiger partial charge in [-0.1, -0.05) is 6.92 Å². The second-order valence-electron chi connectivity index (χ2n) is 4.49. The van der Waals surface area contributed by atoms with Crippen LogP contribution in [-0.2, 0) is 0 Å². The minimum atomic E-state index is 0.795. The molecule has 82 valence electrons. The molecule has 0 saturated carbocycles. The molecule has 1 fully saturated rings. The van der Waals surface area contributed by atoms with E-state index >= 15 is 0 Å². The number of halogens is 1. The third-order valence-electron chi connectivity index (χ3n) is 2.97. The van der Waals surface area contributed by atoms with Crippen LogP contribution in [0.25, 0.3) is 0 Å². The van der Waals surface area contributed by atoms with E-state index in [1.165, 1.54) is 18.4 Å². The van der Waals surface area contributed by atoms with Crippen LogP contribution in [0.3, 0.4) is 0 Å². The molecule has 3 heteroatoms. The first-order chi connectivity index (χ1) is 7.16. The zero-order chi connectivity index (χ0) is 10.8. The molecule has 1 atom stereocenters. The smallest absolute Gasteiger partial charge is 0.131 e. The van der Waals surface area contributed by atoms with E-state index in [4.69, 9.17) is 0 Å². The summed E-state index contributed by atoms with van der Waals surface area (Å²) in [7, 11) is 0. The first-order valence-electron chi connectivity index (χ1n) is 5.54. The summed E-state index contributed by atoms with van der Waals surface area (Å²) in [6.45, 7) is 6.75. The van der Waals surface area contributed by atoms with Crippen molar-refractivity contribution in [2.75, 3.05) is 18.0 Å². The number of pyridine rings is 1. The van der Waals surface area contributed by atoms with Crippen LogP contribution in [0.4, 0.5) is 5.82 Å². The second-order valence-corrected chi connectivity index (χ2v) is 5.40. The third kappa shape index (κ3) is 2.51. The van der Waals surface area contributed by atoms with Crippen LogP contribution >= 0.6 is 15.9 Å². The van der Waals surface area contributed by atoms with E-state index in [2.05, 4.69) is 45.7 Å². The number of anilines is 1. The third-order valence-corrected chi connectivity index (χ3v) is 3.41. The molecule has 15 heavy (non-hydrogen) atoms. The van der Waals surface area contributed by atoms with Gasteiger partial charge in [-0.15, -0.1) is 0 Å². The predicted octanol–water partition coefficient (Wildman–Crippen LogP) is 3.39. The monoisotopic (exact) mass is 268 g/mol. The Hall–Kier alpha value is -0.570. The molecule has 0 amide bonds. The van der Waals surface area contributed by atoms with Gasteiger partial charge in [0.25, 0.3) is 0 Å². The Morgan fingerprint density at radius 2 is 2.33 bits per heavy atom. The Bertz CT molecular complexity index is 351. The van der Waals surface area contributed by atoms with Crippen LogP contribution in [0.15, 0.2) is 16.7 Å². The van der Waals surface area contributed by atoms with Gasteiger partial charge in [0.2, 0.25) is 0 Å². The minimum Gasteiger partial charge on any atom is -0.356 e. The number of rotatable bonds is 1. The maximum Gasteiger partial charge on any atom is 0.131 e. The van der Waals surface area contributed by atoms with E-state index in [1.54, 1.807) is 0 Å². The zero-order valence-corrected chi connectivity index (χ0v) is 10.9. The molecule has 0 aliphatic carbocycles. The van der Waals surface area contributed by atoms with Gasteiger partial charge in [0.05, 0.1) is 0 Å². The van der Waals surface area contributed by atoms with Crippen LogP contribution in [0.2, 0.25) is 0 Å². The quantitative estimate of drug-likeness (QED) is 0.776. The Morgan fingerprint density at radius 3 is 3.00 bits per heavy atom. The maximum atomic E-state index is 4.51. The van der Waals surface area contributed by atoms with Gasteiger partial charge in [-0.05, 0) is 53.2 Å². The molecule has 1 aromatic rings. The molecule has 2 nitrogen and oxygen atoms in total. The molecule has 1 aromatic heterocycles. The summed E-state index contributed by atoms with van der Waals surface area (Å²) < 4.78 is 1.06. The summed E-state index contributed by atoms with van der Waals surface area (Å²) >= 11 is 3.45. The summed E-state index contributed by atoms with van der Waals surface area (Å²) in [5.74, 6) is 1.95. The molecule has 1 saturated heterocycles. The number of aryl methyl sites for hydroxylation is 1. The number of hydrogen-bond acceptors (Lipinski definition) is 2. The molecular formula is C12H17BrN2. The van der Waals surface area contributed by atoms with Gasteiger partial charge in [0.1, 0.15) is 5.82 Å². The topological polar surface area (TPSA) is 16.1 Å². The van der Waals surface area contributed by atoms with Gasteiger partial charge in [0, 0.05) is 23.8 Å². The van der Waals surface area contributed by atoms with Gasteiger partial charge in [0.15, 0.2) is 0 Å². The van der Waals surface area contributed by atoms with E-state index in [1.807, 2.05) is 6.20 Å². The van der Waals surface area contributed by atoms with E-state index in [9.17, 15) is 0 Å². The number of hydrogen-bond donors (Lipinski definition) is 0. The van der Waals surface area contributed by atoms with Crippen molar-refractivity contribution in [2.45, 2.75) is 26.7 Å². The summed E-state index contributed by atoms with van der Waals surface area (Å²) in [6.07, 6.45) is 4.53. The first-order valence-corrected chi connectivity index (χ1v) is 6.33. The van der Waals surface area contributed by atoms with E-state index in [0.29, 0.717) is 0 Å². The van der Waals surface area contributed by atoms with Crippen LogP contribution in [0, 0.1) is 12.8 Å². The molecule has 1 aliphatic heterocycles. The molecule has 0 spiro atoms. The Balaban J connectivity index is 2.21. The van der Waals surface area contributed by atoms with E-state index in [0.717, 1.165) is 29.3 Å². The summed E-state index contributed by atoms with van der Waals surface area (Å²) in [6, 6.07) is 2.14. The van der Waals surface area contributed by atoms with Crippen molar-refractivity contribution in [3.05, 3.63) is 22.3 Å². The van der Waals surface area contributed by atoms with Crippen molar-refractivity contribution in [3.8, 4) is 0 Å². The van der Waals surface area contributed by atoms with Crippen molar-refractivity contribution < 1.29 is 0 Å². The summed E-state index contributed by atoms with van der Waals surface area (Å²) in [5, 5.41) is 0. The van der Waals surface area contributed by atoms with Crippen LogP contribution in [0.5, 0.6) is 0 Å². The van der Waals surface area contributed by atoms with Crippen LogP contribution < -0.4 is 4.90 Å². The average Bonchev–Trinajstić information content (AvgIpc) is 2.17. The van der Waals surface area contributed by atoms with Gasteiger partial charge in [-0.25, -0.2) is 4.98 Å². The maximum absolute atomic E-state index is 4.51. The molecule has 0 unspecified atom stereocenters. The van der Waals surface area contributed by atoms with Gasteiger partial charge >= 0.3 is 0 Å². The molecule has 0 radical (unpaired) electrons. The SMILES string of the molecule is Cc1cc(Br)cnc1N1CCC[C@@H](C)C1. The van der Waals surface area contributed by atoms with Gasteiger partial charge < -0.3 is 4.90 Å². The lowest BCUT2D eigenvalue weighted by atomic mass is 10.00. The molecule has 2 rings (SSSR count). The van der Waals surface area contributed by atoms with Crippen molar-refractivity contribution in [3.63, 3.8) is 0 Å². The van der Waals surface area contributed by atoms with Crippen molar-refractivity contribution in [2.24, 2.45) is 5.92 Å². The second kappa shape index (κ2) is 4.52. The lowest BCUT2D eigenvalue weighted by Gasteiger charge is -2.32. The van der Waals surface area contributed by atoms with Crippen molar-refractivity contribution in [1.29, 1.82) is 0 Å². The van der Waals surface area contributed by atoms with Crippen LogP contribution in [-0.4, -0.2) is 18.1 Å². The predicted molar refractivity (Wildman–Crippen MR) is 67.3 cm³/mol. The fraction of sp³-hybridized carbons (Fsp3) is 0.583. The first kappa shape index (κ1) is 10.9. The van der Waals surface area contributed by atoms with E-state index < -0.39 is 0 Å². The fourth-order valence-corrected chi connectivity index (χ4v) is 2.69. The molecule has 2 heterocycles. The normalized spacial score (nSPS) is 21.8. The largest absolute Gasteiger partial charge is 0.356 e. The molecule has 1 aliphatic rings. The highest BCUT2D eigenvalue weighted by atomic mass is 79.9. The zero-order valence-electron chi connectivity index (χ0n) is 9.33.